The van der Waals surface area contributed by atoms with Gasteiger partial charge in [-0.1, -0.05) is 23.7 Å². The first kappa shape index (κ1) is 14.8. The summed E-state index contributed by atoms with van der Waals surface area (Å²) in [5.74, 6) is 0.910. The van der Waals surface area contributed by atoms with Crippen molar-refractivity contribution in [1.29, 1.82) is 0 Å². The van der Waals surface area contributed by atoms with E-state index in [2.05, 4.69) is 22.9 Å². The van der Waals surface area contributed by atoms with Crippen LogP contribution in [0, 0.1) is 0 Å². The van der Waals surface area contributed by atoms with Gasteiger partial charge in [-0.3, -0.25) is 0 Å². The first-order valence-corrected chi connectivity index (χ1v) is 7.06. The molecule has 1 aromatic heterocycles. The van der Waals surface area contributed by atoms with Gasteiger partial charge in [-0.15, -0.1) is 0 Å². The Morgan fingerprint density at radius 1 is 1.15 bits per heavy atom. The Balaban J connectivity index is 2.26. The minimum absolute atomic E-state index is 0.00614. The first-order chi connectivity index (χ1) is 9.49. The molecule has 1 aromatic carbocycles. The molecule has 2 aromatic rings. The average molecular weight is 290 g/mol. The van der Waals surface area contributed by atoms with Crippen LogP contribution < -0.4 is 10.6 Å². The SMILES string of the molecule is CC(N)c1ccnc(N(C)C(C)c2cccc(Cl)c2)c1. The van der Waals surface area contributed by atoms with Crippen LogP contribution in [0.3, 0.4) is 0 Å². The summed E-state index contributed by atoms with van der Waals surface area (Å²) in [6, 6.07) is 12.1. The summed E-state index contributed by atoms with van der Waals surface area (Å²) in [4.78, 5) is 6.55. The molecule has 4 heteroatoms. The molecule has 2 rings (SSSR count). The monoisotopic (exact) mass is 289 g/mol. The van der Waals surface area contributed by atoms with E-state index in [0.29, 0.717) is 0 Å². The highest BCUT2D eigenvalue weighted by atomic mass is 35.5. The minimum atomic E-state index is 0.00614. The molecule has 0 saturated carbocycles. The predicted molar refractivity (Wildman–Crippen MR) is 85.1 cm³/mol. The van der Waals surface area contributed by atoms with Crippen LogP contribution in [-0.2, 0) is 0 Å². The fourth-order valence-electron chi connectivity index (χ4n) is 2.10. The van der Waals surface area contributed by atoms with Gasteiger partial charge >= 0.3 is 0 Å². The Morgan fingerprint density at radius 3 is 2.55 bits per heavy atom. The van der Waals surface area contributed by atoms with Crippen LogP contribution in [0.5, 0.6) is 0 Å². The van der Waals surface area contributed by atoms with E-state index in [4.69, 9.17) is 17.3 Å². The topological polar surface area (TPSA) is 42.1 Å². The molecule has 2 unspecified atom stereocenters. The number of anilines is 1. The lowest BCUT2D eigenvalue weighted by Gasteiger charge is -2.27. The van der Waals surface area contributed by atoms with Gasteiger partial charge in [-0.25, -0.2) is 4.98 Å². The fraction of sp³-hybridized carbons (Fsp3) is 0.312. The number of aromatic nitrogens is 1. The third-order valence-electron chi connectivity index (χ3n) is 3.57. The van der Waals surface area contributed by atoms with Crippen molar-refractivity contribution in [3.05, 3.63) is 58.7 Å². The van der Waals surface area contributed by atoms with Crippen molar-refractivity contribution < 1.29 is 0 Å². The van der Waals surface area contributed by atoms with Gasteiger partial charge in [0.15, 0.2) is 0 Å². The van der Waals surface area contributed by atoms with E-state index in [1.165, 1.54) is 0 Å². The summed E-state index contributed by atoms with van der Waals surface area (Å²) < 4.78 is 0. The van der Waals surface area contributed by atoms with Crippen molar-refractivity contribution in [2.75, 3.05) is 11.9 Å². The Labute approximate surface area is 125 Å². The maximum absolute atomic E-state index is 6.06. The van der Waals surface area contributed by atoms with Gasteiger partial charge in [0.2, 0.25) is 0 Å². The molecule has 0 saturated heterocycles. The van der Waals surface area contributed by atoms with Crippen LogP contribution in [0.4, 0.5) is 5.82 Å². The highest BCUT2D eigenvalue weighted by Crippen LogP contribution is 2.26. The summed E-state index contributed by atoms with van der Waals surface area (Å²) in [6.45, 7) is 4.10. The Bertz CT molecular complexity index is 583. The van der Waals surface area contributed by atoms with E-state index < -0.39 is 0 Å². The van der Waals surface area contributed by atoms with Gasteiger partial charge in [0.25, 0.3) is 0 Å². The van der Waals surface area contributed by atoms with Crippen LogP contribution in [0.15, 0.2) is 42.6 Å². The summed E-state index contributed by atoms with van der Waals surface area (Å²) in [5.41, 5.74) is 8.17. The third-order valence-corrected chi connectivity index (χ3v) is 3.80. The van der Waals surface area contributed by atoms with Gasteiger partial charge in [-0.2, -0.15) is 0 Å². The molecular formula is C16H20ClN3. The lowest BCUT2D eigenvalue weighted by molar-refractivity contribution is 0.725. The van der Waals surface area contributed by atoms with Gasteiger partial charge in [0.1, 0.15) is 5.82 Å². The maximum atomic E-state index is 6.06. The Kier molecular flexibility index (Phi) is 4.63. The third kappa shape index (κ3) is 3.30. The summed E-state index contributed by atoms with van der Waals surface area (Å²) in [5, 5.41) is 0.750. The zero-order chi connectivity index (χ0) is 14.7. The lowest BCUT2D eigenvalue weighted by Crippen LogP contribution is -2.23. The normalized spacial score (nSPS) is 13.8. The quantitative estimate of drug-likeness (QED) is 0.926. The summed E-state index contributed by atoms with van der Waals surface area (Å²) in [7, 11) is 2.03. The van der Waals surface area contributed by atoms with Crippen molar-refractivity contribution in [1.82, 2.24) is 4.98 Å². The molecule has 0 amide bonds. The van der Waals surface area contributed by atoms with Gasteiger partial charge in [0.05, 0.1) is 6.04 Å². The Morgan fingerprint density at radius 2 is 1.90 bits per heavy atom. The predicted octanol–water partition coefficient (Wildman–Crippen LogP) is 3.95. The van der Waals surface area contributed by atoms with E-state index in [9.17, 15) is 0 Å². The Hall–Kier alpha value is -1.58. The molecule has 0 radical (unpaired) electrons. The van der Waals surface area contributed by atoms with Gasteiger partial charge < -0.3 is 10.6 Å². The second kappa shape index (κ2) is 6.25. The molecule has 0 aliphatic heterocycles. The summed E-state index contributed by atoms with van der Waals surface area (Å²) in [6.07, 6.45) is 1.80. The highest BCUT2D eigenvalue weighted by Gasteiger charge is 2.14. The van der Waals surface area contributed by atoms with E-state index >= 15 is 0 Å². The molecule has 0 aliphatic carbocycles. The van der Waals surface area contributed by atoms with E-state index in [1.54, 1.807) is 6.20 Å². The van der Waals surface area contributed by atoms with Crippen LogP contribution >= 0.6 is 11.6 Å². The molecule has 0 spiro atoms. The van der Waals surface area contributed by atoms with Crippen LogP contribution in [0.1, 0.15) is 37.1 Å². The molecule has 3 nitrogen and oxygen atoms in total. The largest absolute Gasteiger partial charge is 0.353 e. The molecule has 106 valence electrons. The number of pyridine rings is 1. The van der Waals surface area contributed by atoms with Gasteiger partial charge in [0, 0.05) is 24.3 Å². The minimum Gasteiger partial charge on any atom is -0.353 e. The number of nitrogens with zero attached hydrogens (tertiary/aromatic N) is 2. The van der Waals surface area contributed by atoms with E-state index in [-0.39, 0.29) is 12.1 Å². The lowest BCUT2D eigenvalue weighted by atomic mass is 10.1. The molecule has 2 atom stereocenters. The molecular weight excluding hydrogens is 270 g/mol. The number of rotatable bonds is 4. The second-order valence-corrected chi connectivity index (χ2v) is 5.51. The molecule has 0 aliphatic rings. The van der Waals surface area contributed by atoms with Crippen molar-refractivity contribution >= 4 is 17.4 Å². The molecule has 2 N–H and O–H groups in total. The van der Waals surface area contributed by atoms with Gasteiger partial charge in [-0.05, 0) is 49.2 Å². The maximum Gasteiger partial charge on any atom is 0.129 e. The zero-order valence-electron chi connectivity index (χ0n) is 12.0. The van der Waals surface area contributed by atoms with Crippen molar-refractivity contribution in [2.45, 2.75) is 25.9 Å². The molecule has 0 fully saturated rings. The summed E-state index contributed by atoms with van der Waals surface area (Å²) >= 11 is 6.06. The van der Waals surface area contributed by atoms with E-state index in [0.717, 1.165) is 22.0 Å². The average Bonchev–Trinajstić information content (AvgIpc) is 2.45. The van der Waals surface area contributed by atoms with E-state index in [1.807, 2.05) is 44.3 Å². The second-order valence-electron chi connectivity index (χ2n) is 5.08. The number of halogens is 1. The number of nitrogens with two attached hydrogens (primary N) is 1. The fourth-order valence-corrected chi connectivity index (χ4v) is 2.30. The number of hydrogen-bond donors (Lipinski definition) is 1. The van der Waals surface area contributed by atoms with Crippen LogP contribution in [0.25, 0.3) is 0 Å². The molecule has 1 heterocycles. The van der Waals surface area contributed by atoms with Crippen molar-refractivity contribution in [3.8, 4) is 0 Å². The standard InChI is InChI=1S/C16H20ClN3/c1-11(18)13-7-8-19-16(10-13)20(3)12(2)14-5-4-6-15(17)9-14/h4-12H,18H2,1-3H3. The van der Waals surface area contributed by atoms with Crippen LogP contribution in [0.2, 0.25) is 5.02 Å². The number of hydrogen-bond acceptors (Lipinski definition) is 3. The molecule has 0 bridgehead atoms. The molecule has 20 heavy (non-hydrogen) atoms. The zero-order valence-corrected chi connectivity index (χ0v) is 12.8. The smallest absolute Gasteiger partial charge is 0.129 e. The van der Waals surface area contributed by atoms with Crippen molar-refractivity contribution in [3.63, 3.8) is 0 Å². The van der Waals surface area contributed by atoms with Crippen molar-refractivity contribution in [2.24, 2.45) is 5.73 Å². The first-order valence-electron chi connectivity index (χ1n) is 6.69. The number of benzene rings is 1. The highest BCUT2D eigenvalue weighted by molar-refractivity contribution is 6.30. The van der Waals surface area contributed by atoms with Crippen LogP contribution in [-0.4, -0.2) is 12.0 Å².